The second kappa shape index (κ2) is 2.35. The molecule has 0 N–H and O–H groups in total. The standard InChI is InChI=1S/C5H7NO2/c7-5-8-6-3-1-2-4-6/h1,3,5H,2,4H2. The number of carbonyl (C=O) groups excluding carboxylic acids is 1. The predicted molar refractivity (Wildman–Crippen MR) is 27.6 cm³/mol. The van der Waals surface area contributed by atoms with E-state index < -0.39 is 0 Å². The number of hydrogen-bond acceptors (Lipinski definition) is 3. The quantitative estimate of drug-likeness (QED) is 0.482. The van der Waals surface area contributed by atoms with Gasteiger partial charge >= 0.3 is 6.47 Å². The molecule has 44 valence electrons. The van der Waals surface area contributed by atoms with Crippen molar-refractivity contribution in [1.82, 2.24) is 5.06 Å². The summed E-state index contributed by atoms with van der Waals surface area (Å²) >= 11 is 0. The lowest BCUT2D eigenvalue weighted by atomic mass is 10.5. The maximum absolute atomic E-state index is 9.66. The number of carbonyl (C=O) groups is 1. The van der Waals surface area contributed by atoms with Crippen LogP contribution in [0.15, 0.2) is 12.3 Å². The molecule has 0 aliphatic carbocycles. The summed E-state index contributed by atoms with van der Waals surface area (Å²) in [6.45, 7) is 1.22. The number of hydrogen-bond donors (Lipinski definition) is 0. The van der Waals surface area contributed by atoms with Crippen molar-refractivity contribution >= 4 is 6.47 Å². The van der Waals surface area contributed by atoms with Crippen LogP contribution in [0.25, 0.3) is 0 Å². The highest BCUT2D eigenvalue weighted by Crippen LogP contribution is 2.01. The summed E-state index contributed by atoms with van der Waals surface area (Å²) in [5, 5.41) is 1.49. The minimum Gasteiger partial charge on any atom is -0.345 e. The zero-order valence-corrected chi connectivity index (χ0v) is 4.41. The van der Waals surface area contributed by atoms with E-state index in [2.05, 4.69) is 4.84 Å². The molecule has 0 atom stereocenters. The molecule has 0 saturated heterocycles. The Labute approximate surface area is 47.5 Å². The van der Waals surface area contributed by atoms with Crippen molar-refractivity contribution in [3.05, 3.63) is 12.3 Å². The van der Waals surface area contributed by atoms with Gasteiger partial charge in [-0.25, -0.2) is 5.06 Å². The van der Waals surface area contributed by atoms with E-state index in [-0.39, 0.29) is 0 Å². The van der Waals surface area contributed by atoms with Gasteiger partial charge in [0.25, 0.3) is 0 Å². The van der Waals surface area contributed by atoms with E-state index in [1.165, 1.54) is 5.06 Å². The van der Waals surface area contributed by atoms with Gasteiger partial charge in [0.2, 0.25) is 0 Å². The molecule has 0 unspecified atom stereocenters. The van der Waals surface area contributed by atoms with Crippen LogP contribution in [0.2, 0.25) is 0 Å². The third-order valence-electron chi connectivity index (χ3n) is 0.966. The van der Waals surface area contributed by atoms with Crippen molar-refractivity contribution in [2.45, 2.75) is 6.42 Å². The lowest BCUT2D eigenvalue weighted by molar-refractivity contribution is -0.159. The lowest BCUT2D eigenvalue weighted by Crippen LogP contribution is -2.13. The Bertz CT molecular complexity index is 111. The summed E-state index contributed by atoms with van der Waals surface area (Å²) < 4.78 is 0. The highest BCUT2D eigenvalue weighted by molar-refractivity contribution is 5.36. The largest absolute Gasteiger partial charge is 0.345 e. The van der Waals surface area contributed by atoms with Crippen molar-refractivity contribution < 1.29 is 9.63 Å². The molecule has 0 aromatic carbocycles. The molecule has 1 rings (SSSR count). The molecular formula is C5H7NO2. The SMILES string of the molecule is O=CON1C=CCC1. The second-order valence-electron chi connectivity index (χ2n) is 1.52. The van der Waals surface area contributed by atoms with Crippen LogP contribution in [0.1, 0.15) is 6.42 Å². The van der Waals surface area contributed by atoms with Gasteiger partial charge in [0, 0.05) is 6.20 Å². The summed E-state index contributed by atoms with van der Waals surface area (Å²) in [7, 11) is 0. The number of rotatable bonds is 2. The first kappa shape index (κ1) is 5.15. The minimum absolute atomic E-state index is 0.426. The monoisotopic (exact) mass is 113 g/mol. The molecular weight excluding hydrogens is 106 g/mol. The first-order chi connectivity index (χ1) is 3.93. The zero-order valence-electron chi connectivity index (χ0n) is 4.41. The maximum atomic E-state index is 9.66. The van der Waals surface area contributed by atoms with Crippen molar-refractivity contribution in [2.75, 3.05) is 6.54 Å². The summed E-state index contributed by atoms with van der Waals surface area (Å²) in [6.07, 6.45) is 4.66. The molecule has 3 heteroatoms. The smallest absolute Gasteiger partial charge is 0.320 e. The summed E-state index contributed by atoms with van der Waals surface area (Å²) in [6, 6.07) is 0. The van der Waals surface area contributed by atoms with Crippen molar-refractivity contribution in [3.8, 4) is 0 Å². The molecule has 8 heavy (non-hydrogen) atoms. The van der Waals surface area contributed by atoms with Crippen LogP contribution < -0.4 is 0 Å². The Morgan fingerprint density at radius 1 is 1.75 bits per heavy atom. The van der Waals surface area contributed by atoms with Crippen LogP contribution >= 0.6 is 0 Å². The molecule has 0 radical (unpaired) electrons. The Morgan fingerprint density at radius 2 is 2.62 bits per heavy atom. The first-order valence-corrected chi connectivity index (χ1v) is 2.47. The normalized spacial score (nSPS) is 16.8. The molecule has 0 saturated carbocycles. The first-order valence-electron chi connectivity index (χ1n) is 2.47. The van der Waals surface area contributed by atoms with Gasteiger partial charge in [-0.2, -0.15) is 0 Å². The summed E-state index contributed by atoms with van der Waals surface area (Å²) in [5.74, 6) is 0. The molecule has 0 aromatic rings. The van der Waals surface area contributed by atoms with E-state index in [4.69, 9.17) is 0 Å². The van der Waals surface area contributed by atoms with Crippen LogP contribution in [0, 0.1) is 0 Å². The van der Waals surface area contributed by atoms with E-state index in [0.29, 0.717) is 6.47 Å². The molecule has 0 aromatic heterocycles. The van der Waals surface area contributed by atoms with Gasteiger partial charge in [0.15, 0.2) is 0 Å². The Hall–Kier alpha value is -0.990. The maximum Gasteiger partial charge on any atom is 0.320 e. The van der Waals surface area contributed by atoms with Crippen LogP contribution in [0.5, 0.6) is 0 Å². The fourth-order valence-corrected chi connectivity index (χ4v) is 0.612. The highest BCUT2D eigenvalue weighted by atomic mass is 16.7. The molecule has 0 amide bonds. The van der Waals surface area contributed by atoms with Gasteiger partial charge in [-0.15, -0.1) is 0 Å². The Balaban J connectivity index is 2.25. The third-order valence-corrected chi connectivity index (χ3v) is 0.966. The summed E-state index contributed by atoms with van der Waals surface area (Å²) in [4.78, 5) is 14.1. The molecule has 1 aliphatic rings. The van der Waals surface area contributed by atoms with E-state index in [1.807, 2.05) is 6.08 Å². The minimum atomic E-state index is 0.426. The second-order valence-corrected chi connectivity index (χ2v) is 1.52. The van der Waals surface area contributed by atoms with Crippen molar-refractivity contribution in [1.29, 1.82) is 0 Å². The van der Waals surface area contributed by atoms with E-state index in [1.54, 1.807) is 6.20 Å². The van der Waals surface area contributed by atoms with Crippen molar-refractivity contribution in [2.24, 2.45) is 0 Å². The van der Waals surface area contributed by atoms with Gasteiger partial charge in [-0.1, -0.05) is 6.08 Å². The van der Waals surface area contributed by atoms with Crippen LogP contribution in [-0.4, -0.2) is 18.1 Å². The molecule has 1 aliphatic heterocycles. The number of hydroxylamine groups is 2. The van der Waals surface area contributed by atoms with Crippen LogP contribution in [0.3, 0.4) is 0 Å². The zero-order chi connectivity index (χ0) is 5.82. The average Bonchev–Trinajstić information content (AvgIpc) is 2.19. The molecule has 3 nitrogen and oxygen atoms in total. The average molecular weight is 113 g/mol. The van der Waals surface area contributed by atoms with Crippen molar-refractivity contribution in [3.63, 3.8) is 0 Å². The lowest BCUT2D eigenvalue weighted by Gasteiger charge is -2.08. The fourth-order valence-electron chi connectivity index (χ4n) is 0.612. The van der Waals surface area contributed by atoms with Gasteiger partial charge in [0.1, 0.15) is 0 Å². The van der Waals surface area contributed by atoms with Gasteiger partial charge < -0.3 is 4.84 Å². The number of nitrogens with zero attached hydrogens (tertiary/aromatic N) is 1. The van der Waals surface area contributed by atoms with E-state index in [9.17, 15) is 4.79 Å². The van der Waals surface area contributed by atoms with Gasteiger partial charge in [-0.3, -0.25) is 4.79 Å². The molecule has 0 fully saturated rings. The van der Waals surface area contributed by atoms with Gasteiger partial charge in [0.05, 0.1) is 6.54 Å². The predicted octanol–water partition coefficient (Wildman–Crippen LogP) is 0.294. The molecule has 0 spiro atoms. The Morgan fingerprint density at radius 3 is 3.12 bits per heavy atom. The molecule has 0 bridgehead atoms. The van der Waals surface area contributed by atoms with Gasteiger partial charge in [-0.05, 0) is 6.42 Å². The summed E-state index contributed by atoms with van der Waals surface area (Å²) in [5.41, 5.74) is 0. The van der Waals surface area contributed by atoms with Crippen LogP contribution in [0.4, 0.5) is 0 Å². The van der Waals surface area contributed by atoms with Crippen LogP contribution in [-0.2, 0) is 9.63 Å². The van der Waals surface area contributed by atoms with E-state index in [0.717, 1.165) is 13.0 Å². The molecule has 1 heterocycles. The highest BCUT2D eigenvalue weighted by Gasteiger charge is 2.01. The van der Waals surface area contributed by atoms with E-state index >= 15 is 0 Å². The topological polar surface area (TPSA) is 29.5 Å². The fraction of sp³-hybridized carbons (Fsp3) is 0.400. The third kappa shape index (κ3) is 0.992. The Kier molecular flexibility index (Phi) is 1.51.